The Hall–Kier alpha value is -2.48. The molecule has 0 fully saturated rings. The molecule has 0 aliphatic carbocycles. The fourth-order valence-electron chi connectivity index (χ4n) is 1.87. The summed E-state index contributed by atoms with van der Waals surface area (Å²) in [5.74, 6) is 6.58. The summed E-state index contributed by atoms with van der Waals surface area (Å²) in [5, 5.41) is 6.49. The first-order valence-electron chi connectivity index (χ1n) is 6.59. The van der Waals surface area contributed by atoms with Gasteiger partial charge in [-0.05, 0) is 18.1 Å². The number of rotatable bonds is 5. The Morgan fingerprint density at radius 2 is 2.24 bits per heavy atom. The van der Waals surface area contributed by atoms with Crippen molar-refractivity contribution in [2.24, 2.45) is 5.84 Å². The summed E-state index contributed by atoms with van der Waals surface area (Å²) in [6.45, 7) is 4.37. The SMILES string of the molecule is CC(C)c1cc(C(=O)N(C)Cc2ncn[nH]2)cc(NN)n1. The van der Waals surface area contributed by atoms with Gasteiger partial charge < -0.3 is 10.3 Å². The number of anilines is 1. The molecule has 4 N–H and O–H groups in total. The summed E-state index contributed by atoms with van der Waals surface area (Å²) in [4.78, 5) is 22.4. The van der Waals surface area contributed by atoms with Crippen LogP contribution < -0.4 is 11.3 Å². The zero-order valence-corrected chi connectivity index (χ0v) is 12.3. The number of nitrogens with zero attached hydrogens (tertiary/aromatic N) is 4. The molecule has 0 spiro atoms. The van der Waals surface area contributed by atoms with Gasteiger partial charge in [0, 0.05) is 18.3 Å². The molecular weight excluding hydrogens is 270 g/mol. The van der Waals surface area contributed by atoms with E-state index in [0.717, 1.165) is 5.69 Å². The molecule has 8 heteroatoms. The molecule has 0 aliphatic rings. The molecule has 1 amide bonds. The lowest BCUT2D eigenvalue weighted by molar-refractivity contribution is 0.0781. The van der Waals surface area contributed by atoms with Crippen molar-refractivity contribution >= 4 is 11.7 Å². The average molecular weight is 289 g/mol. The highest BCUT2D eigenvalue weighted by molar-refractivity contribution is 5.94. The van der Waals surface area contributed by atoms with Gasteiger partial charge in [-0.3, -0.25) is 9.89 Å². The molecule has 8 nitrogen and oxygen atoms in total. The van der Waals surface area contributed by atoms with E-state index in [-0.39, 0.29) is 11.8 Å². The molecule has 0 bridgehead atoms. The van der Waals surface area contributed by atoms with Gasteiger partial charge in [0.05, 0.1) is 6.54 Å². The van der Waals surface area contributed by atoms with Crippen molar-refractivity contribution in [1.82, 2.24) is 25.1 Å². The minimum absolute atomic E-state index is 0.132. The predicted octanol–water partition coefficient (Wildman–Crippen LogP) is 0.881. The number of aromatic amines is 1. The third-order valence-corrected chi connectivity index (χ3v) is 3.03. The van der Waals surface area contributed by atoms with E-state index >= 15 is 0 Å². The molecule has 0 saturated carbocycles. The van der Waals surface area contributed by atoms with E-state index in [0.29, 0.717) is 23.8 Å². The molecule has 0 aliphatic heterocycles. The molecule has 21 heavy (non-hydrogen) atoms. The van der Waals surface area contributed by atoms with Gasteiger partial charge in [-0.2, -0.15) is 5.10 Å². The van der Waals surface area contributed by atoms with Crippen LogP contribution in [0.25, 0.3) is 0 Å². The van der Waals surface area contributed by atoms with E-state index in [4.69, 9.17) is 5.84 Å². The second-order valence-corrected chi connectivity index (χ2v) is 5.06. The van der Waals surface area contributed by atoms with E-state index < -0.39 is 0 Å². The van der Waals surface area contributed by atoms with Crippen LogP contribution in [0.1, 0.15) is 41.6 Å². The zero-order chi connectivity index (χ0) is 15.4. The Kier molecular flexibility index (Phi) is 4.49. The Bertz CT molecular complexity index is 609. The number of nitrogens with one attached hydrogen (secondary N) is 2. The van der Waals surface area contributed by atoms with Crippen LogP contribution in [0.5, 0.6) is 0 Å². The van der Waals surface area contributed by atoms with Gasteiger partial charge in [0.2, 0.25) is 0 Å². The van der Waals surface area contributed by atoms with Crippen molar-refractivity contribution in [1.29, 1.82) is 0 Å². The summed E-state index contributed by atoms with van der Waals surface area (Å²) >= 11 is 0. The van der Waals surface area contributed by atoms with E-state index in [1.165, 1.54) is 6.33 Å². The molecule has 112 valence electrons. The highest BCUT2D eigenvalue weighted by Crippen LogP contribution is 2.18. The topological polar surface area (TPSA) is 113 Å². The molecule has 2 heterocycles. The van der Waals surface area contributed by atoms with E-state index in [9.17, 15) is 4.79 Å². The van der Waals surface area contributed by atoms with Crippen LogP contribution in [-0.2, 0) is 6.54 Å². The molecule has 2 aromatic heterocycles. The number of amides is 1. The van der Waals surface area contributed by atoms with Crippen LogP contribution in [0, 0.1) is 0 Å². The van der Waals surface area contributed by atoms with Gasteiger partial charge in [-0.1, -0.05) is 13.8 Å². The Morgan fingerprint density at radius 3 is 2.81 bits per heavy atom. The summed E-state index contributed by atoms with van der Waals surface area (Å²) in [5.41, 5.74) is 3.83. The van der Waals surface area contributed by atoms with Gasteiger partial charge in [0.25, 0.3) is 5.91 Å². The molecule has 0 saturated heterocycles. The first-order chi connectivity index (χ1) is 10.0. The molecule has 0 aromatic carbocycles. The number of hydrazine groups is 1. The van der Waals surface area contributed by atoms with Gasteiger partial charge >= 0.3 is 0 Å². The Balaban J connectivity index is 2.23. The number of H-pyrrole nitrogens is 1. The molecule has 0 unspecified atom stereocenters. The molecule has 2 aromatic rings. The van der Waals surface area contributed by atoms with Crippen LogP contribution >= 0.6 is 0 Å². The van der Waals surface area contributed by atoms with E-state index in [1.807, 2.05) is 13.8 Å². The number of carbonyl (C=O) groups is 1. The van der Waals surface area contributed by atoms with Crippen LogP contribution in [0.4, 0.5) is 5.82 Å². The van der Waals surface area contributed by atoms with Crippen molar-refractivity contribution < 1.29 is 4.79 Å². The minimum Gasteiger partial charge on any atom is -0.334 e. The van der Waals surface area contributed by atoms with Gasteiger partial charge in [-0.25, -0.2) is 15.8 Å². The summed E-state index contributed by atoms with van der Waals surface area (Å²) in [7, 11) is 1.70. The first-order valence-corrected chi connectivity index (χ1v) is 6.59. The van der Waals surface area contributed by atoms with Crippen LogP contribution in [-0.4, -0.2) is 38.0 Å². The van der Waals surface area contributed by atoms with Crippen LogP contribution in [0.2, 0.25) is 0 Å². The van der Waals surface area contributed by atoms with Crippen molar-refractivity contribution in [3.63, 3.8) is 0 Å². The number of carbonyl (C=O) groups excluding carboxylic acids is 1. The second-order valence-electron chi connectivity index (χ2n) is 5.06. The normalized spacial score (nSPS) is 10.7. The maximum atomic E-state index is 12.5. The predicted molar refractivity (Wildman–Crippen MR) is 78.3 cm³/mol. The largest absolute Gasteiger partial charge is 0.334 e. The number of nitrogens with two attached hydrogens (primary N) is 1. The molecule has 0 atom stereocenters. The lowest BCUT2D eigenvalue weighted by Crippen LogP contribution is -2.27. The first kappa shape index (κ1) is 14.9. The molecule has 0 radical (unpaired) electrons. The number of hydrogen-bond donors (Lipinski definition) is 3. The monoisotopic (exact) mass is 289 g/mol. The third kappa shape index (κ3) is 3.54. The van der Waals surface area contributed by atoms with Crippen molar-refractivity contribution in [3.05, 3.63) is 35.5 Å². The number of nitrogen functional groups attached to an aromatic ring is 1. The third-order valence-electron chi connectivity index (χ3n) is 3.03. The fourth-order valence-corrected chi connectivity index (χ4v) is 1.87. The van der Waals surface area contributed by atoms with Crippen LogP contribution in [0.15, 0.2) is 18.5 Å². The van der Waals surface area contributed by atoms with Gasteiger partial charge in [0.15, 0.2) is 0 Å². The number of aromatic nitrogens is 4. The highest BCUT2D eigenvalue weighted by atomic mass is 16.2. The maximum Gasteiger partial charge on any atom is 0.254 e. The quantitative estimate of drug-likeness (QED) is 0.556. The lowest BCUT2D eigenvalue weighted by Gasteiger charge is -2.17. The van der Waals surface area contributed by atoms with Gasteiger partial charge in [-0.15, -0.1) is 0 Å². The molecule has 2 rings (SSSR count). The number of hydrogen-bond acceptors (Lipinski definition) is 6. The van der Waals surface area contributed by atoms with E-state index in [2.05, 4.69) is 25.6 Å². The zero-order valence-electron chi connectivity index (χ0n) is 12.3. The minimum atomic E-state index is -0.132. The van der Waals surface area contributed by atoms with E-state index in [1.54, 1.807) is 24.1 Å². The lowest BCUT2D eigenvalue weighted by atomic mass is 10.1. The summed E-state index contributed by atoms with van der Waals surface area (Å²) in [6.07, 6.45) is 1.41. The number of pyridine rings is 1. The van der Waals surface area contributed by atoms with Crippen molar-refractivity contribution in [2.45, 2.75) is 26.3 Å². The van der Waals surface area contributed by atoms with Crippen molar-refractivity contribution in [2.75, 3.05) is 12.5 Å². The van der Waals surface area contributed by atoms with Gasteiger partial charge in [0.1, 0.15) is 18.0 Å². The molecular formula is C13H19N7O. The second kappa shape index (κ2) is 6.31. The smallest absolute Gasteiger partial charge is 0.254 e. The average Bonchev–Trinajstić information content (AvgIpc) is 2.98. The Labute approximate surface area is 122 Å². The summed E-state index contributed by atoms with van der Waals surface area (Å²) < 4.78 is 0. The maximum absolute atomic E-state index is 12.5. The summed E-state index contributed by atoms with van der Waals surface area (Å²) in [6, 6.07) is 3.41. The highest BCUT2D eigenvalue weighted by Gasteiger charge is 2.16. The standard InChI is InChI=1S/C13H19N7O/c1-8(2)10-4-9(5-11(17-10)18-14)13(21)20(3)6-12-15-7-16-19-12/h4-5,7-8H,6,14H2,1-3H3,(H,17,18)(H,15,16,19). The van der Waals surface area contributed by atoms with Crippen molar-refractivity contribution in [3.8, 4) is 0 Å². The van der Waals surface area contributed by atoms with Crippen LogP contribution in [0.3, 0.4) is 0 Å². The fraction of sp³-hybridized carbons (Fsp3) is 0.385. The Morgan fingerprint density at radius 1 is 1.48 bits per heavy atom.